The Labute approximate surface area is 108 Å². The highest BCUT2D eigenvalue weighted by molar-refractivity contribution is 5.77. The monoisotopic (exact) mass is 256 g/mol. The van der Waals surface area contributed by atoms with Crippen LogP contribution in [0.1, 0.15) is 58.3 Å². The van der Waals surface area contributed by atoms with Gasteiger partial charge in [-0.1, -0.05) is 32.6 Å². The first-order valence-electron chi connectivity index (χ1n) is 6.92. The zero-order valence-corrected chi connectivity index (χ0v) is 11.1. The molecule has 1 aliphatic rings. The highest BCUT2D eigenvalue weighted by atomic mass is 16.4. The van der Waals surface area contributed by atoms with Gasteiger partial charge in [-0.2, -0.15) is 0 Å². The number of hydrogen-bond donors (Lipinski definition) is 3. The van der Waals surface area contributed by atoms with Gasteiger partial charge in [0.1, 0.15) is 0 Å². The van der Waals surface area contributed by atoms with Gasteiger partial charge in [-0.25, -0.2) is 4.79 Å². The molecule has 0 bridgehead atoms. The molecule has 0 aliphatic carbocycles. The summed E-state index contributed by atoms with van der Waals surface area (Å²) >= 11 is 0. The summed E-state index contributed by atoms with van der Waals surface area (Å²) in [6.45, 7) is 2.14. The van der Waals surface area contributed by atoms with Crippen molar-refractivity contribution in [3.63, 3.8) is 0 Å². The van der Waals surface area contributed by atoms with E-state index in [1.807, 2.05) is 0 Å². The standard InChI is InChI=1S/C13H24N2O3/c1-2-3-7-10-11(15-13(18)14-10)8-5-4-6-9-12(16)17/h10-11H,2-9H2,1H3,(H,16,17)(H2,14,15,18)/t10-,11+/m1/s1. The highest BCUT2D eigenvalue weighted by Gasteiger charge is 2.29. The molecule has 1 aliphatic heterocycles. The van der Waals surface area contributed by atoms with E-state index in [1.165, 1.54) is 0 Å². The van der Waals surface area contributed by atoms with E-state index >= 15 is 0 Å². The molecule has 2 atom stereocenters. The SMILES string of the molecule is CCCC[C@H]1NC(=O)N[C@H]1CCCCCC(=O)O. The minimum atomic E-state index is -0.730. The van der Waals surface area contributed by atoms with Crippen LogP contribution in [0.25, 0.3) is 0 Å². The smallest absolute Gasteiger partial charge is 0.315 e. The number of carboxylic acids is 1. The Morgan fingerprint density at radius 1 is 1.11 bits per heavy atom. The van der Waals surface area contributed by atoms with Crippen molar-refractivity contribution >= 4 is 12.0 Å². The number of amides is 2. The van der Waals surface area contributed by atoms with E-state index in [1.54, 1.807) is 0 Å². The molecule has 1 fully saturated rings. The predicted molar refractivity (Wildman–Crippen MR) is 69.5 cm³/mol. The normalized spacial score (nSPS) is 22.6. The lowest BCUT2D eigenvalue weighted by Crippen LogP contribution is -2.33. The third-order valence-electron chi connectivity index (χ3n) is 3.39. The van der Waals surface area contributed by atoms with Crippen LogP contribution in [0.4, 0.5) is 4.79 Å². The fraction of sp³-hybridized carbons (Fsp3) is 0.846. The van der Waals surface area contributed by atoms with Gasteiger partial charge in [0.25, 0.3) is 0 Å². The predicted octanol–water partition coefficient (Wildman–Crippen LogP) is 2.26. The number of urea groups is 1. The van der Waals surface area contributed by atoms with Crippen molar-refractivity contribution in [2.45, 2.75) is 70.4 Å². The molecule has 1 rings (SSSR count). The molecule has 3 N–H and O–H groups in total. The number of carbonyl (C=O) groups is 2. The second-order valence-electron chi connectivity index (χ2n) is 4.97. The Balaban J connectivity index is 2.18. The van der Waals surface area contributed by atoms with Gasteiger partial charge in [-0.15, -0.1) is 0 Å². The van der Waals surface area contributed by atoms with Gasteiger partial charge in [0.15, 0.2) is 0 Å². The van der Waals surface area contributed by atoms with Crippen molar-refractivity contribution in [1.82, 2.24) is 10.6 Å². The zero-order valence-electron chi connectivity index (χ0n) is 11.1. The van der Waals surface area contributed by atoms with Crippen molar-refractivity contribution < 1.29 is 14.7 Å². The maximum absolute atomic E-state index is 11.3. The summed E-state index contributed by atoms with van der Waals surface area (Å²) in [6, 6.07) is 0.400. The Morgan fingerprint density at radius 2 is 1.72 bits per heavy atom. The first kappa shape index (κ1) is 14.8. The molecule has 0 aromatic carbocycles. The first-order chi connectivity index (χ1) is 8.63. The molecule has 1 heterocycles. The van der Waals surface area contributed by atoms with Crippen LogP contribution >= 0.6 is 0 Å². The van der Waals surface area contributed by atoms with Crippen LogP contribution in [0.15, 0.2) is 0 Å². The number of nitrogens with one attached hydrogen (secondary N) is 2. The highest BCUT2D eigenvalue weighted by Crippen LogP contribution is 2.16. The lowest BCUT2D eigenvalue weighted by molar-refractivity contribution is -0.137. The molecule has 0 saturated carbocycles. The third-order valence-corrected chi connectivity index (χ3v) is 3.39. The topological polar surface area (TPSA) is 78.4 Å². The third kappa shape index (κ3) is 5.38. The van der Waals surface area contributed by atoms with Gasteiger partial charge in [-0.3, -0.25) is 4.79 Å². The zero-order chi connectivity index (χ0) is 13.4. The van der Waals surface area contributed by atoms with Gasteiger partial charge in [-0.05, 0) is 19.3 Å². The quantitative estimate of drug-likeness (QED) is 0.554. The molecule has 0 spiro atoms. The van der Waals surface area contributed by atoms with Crippen LogP contribution in [-0.4, -0.2) is 29.2 Å². The molecule has 104 valence electrons. The van der Waals surface area contributed by atoms with E-state index in [0.717, 1.165) is 44.9 Å². The van der Waals surface area contributed by atoms with E-state index in [0.29, 0.717) is 0 Å². The summed E-state index contributed by atoms with van der Waals surface area (Å²) in [5.41, 5.74) is 0. The maximum Gasteiger partial charge on any atom is 0.315 e. The molecule has 5 nitrogen and oxygen atoms in total. The largest absolute Gasteiger partial charge is 0.481 e. The summed E-state index contributed by atoms with van der Waals surface area (Å²) < 4.78 is 0. The Morgan fingerprint density at radius 3 is 2.28 bits per heavy atom. The number of unbranched alkanes of at least 4 members (excludes halogenated alkanes) is 3. The van der Waals surface area contributed by atoms with E-state index in [4.69, 9.17) is 5.11 Å². The average Bonchev–Trinajstić information content (AvgIpc) is 2.66. The van der Waals surface area contributed by atoms with Crippen molar-refractivity contribution in [2.75, 3.05) is 0 Å². The maximum atomic E-state index is 11.3. The van der Waals surface area contributed by atoms with Gasteiger partial charge < -0.3 is 15.7 Å². The van der Waals surface area contributed by atoms with Crippen molar-refractivity contribution in [1.29, 1.82) is 0 Å². The molecule has 18 heavy (non-hydrogen) atoms. The van der Waals surface area contributed by atoms with Crippen LogP contribution in [0.2, 0.25) is 0 Å². The molecule has 5 heteroatoms. The van der Waals surface area contributed by atoms with Crippen LogP contribution in [0.5, 0.6) is 0 Å². The van der Waals surface area contributed by atoms with Crippen molar-refractivity contribution in [3.05, 3.63) is 0 Å². The summed E-state index contributed by atoms with van der Waals surface area (Å²) in [5.74, 6) is -0.730. The second-order valence-corrected chi connectivity index (χ2v) is 4.97. The van der Waals surface area contributed by atoms with Crippen LogP contribution in [-0.2, 0) is 4.79 Å². The molecule has 0 radical (unpaired) electrons. The number of aliphatic carboxylic acids is 1. The van der Waals surface area contributed by atoms with Gasteiger partial charge in [0, 0.05) is 6.42 Å². The summed E-state index contributed by atoms with van der Waals surface area (Å²) in [6.07, 6.45) is 7.08. The molecule has 0 unspecified atom stereocenters. The minimum Gasteiger partial charge on any atom is -0.481 e. The van der Waals surface area contributed by atoms with Crippen molar-refractivity contribution in [2.24, 2.45) is 0 Å². The van der Waals surface area contributed by atoms with Crippen LogP contribution < -0.4 is 10.6 Å². The van der Waals surface area contributed by atoms with E-state index in [9.17, 15) is 9.59 Å². The number of carboxylic acid groups (broad SMARTS) is 1. The summed E-state index contributed by atoms with van der Waals surface area (Å²) in [5, 5.41) is 14.4. The lowest BCUT2D eigenvalue weighted by Gasteiger charge is -2.17. The van der Waals surface area contributed by atoms with Gasteiger partial charge in [0.2, 0.25) is 0 Å². The van der Waals surface area contributed by atoms with Crippen LogP contribution in [0.3, 0.4) is 0 Å². The molecule has 1 saturated heterocycles. The molecule has 0 aromatic rings. The minimum absolute atomic E-state index is 0.0633. The Hall–Kier alpha value is -1.26. The fourth-order valence-electron chi connectivity index (χ4n) is 2.37. The molecular formula is C13H24N2O3. The van der Waals surface area contributed by atoms with E-state index < -0.39 is 5.97 Å². The molecular weight excluding hydrogens is 232 g/mol. The van der Waals surface area contributed by atoms with E-state index in [-0.39, 0.29) is 24.5 Å². The Bertz CT molecular complexity index is 281. The number of hydrogen-bond acceptors (Lipinski definition) is 2. The lowest BCUT2D eigenvalue weighted by atomic mass is 9.98. The van der Waals surface area contributed by atoms with Crippen molar-refractivity contribution in [3.8, 4) is 0 Å². The average molecular weight is 256 g/mol. The van der Waals surface area contributed by atoms with E-state index in [2.05, 4.69) is 17.6 Å². The van der Waals surface area contributed by atoms with Crippen LogP contribution in [0, 0.1) is 0 Å². The van der Waals surface area contributed by atoms with Gasteiger partial charge >= 0.3 is 12.0 Å². The summed E-state index contributed by atoms with van der Waals surface area (Å²) in [4.78, 5) is 21.7. The number of carbonyl (C=O) groups excluding carboxylic acids is 1. The fourth-order valence-corrected chi connectivity index (χ4v) is 2.37. The van der Waals surface area contributed by atoms with Gasteiger partial charge in [0.05, 0.1) is 12.1 Å². The second kappa shape index (κ2) is 7.95. The summed E-state index contributed by atoms with van der Waals surface area (Å²) in [7, 11) is 0. The molecule has 2 amide bonds. The Kier molecular flexibility index (Phi) is 6.54. The number of rotatable bonds is 9. The first-order valence-corrected chi connectivity index (χ1v) is 6.92. The molecule has 0 aromatic heterocycles.